The predicted molar refractivity (Wildman–Crippen MR) is 106 cm³/mol. The summed E-state index contributed by atoms with van der Waals surface area (Å²) in [4.78, 5) is 11.1. The van der Waals surface area contributed by atoms with Gasteiger partial charge < -0.3 is 24.6 Å². The van der Waals surface area contributed by atoms with Crippen LogP contribution in [-0.4, -0.2) is 72.5 Å². The number of aliphatic hydroxyl groups excluding tert-OH is 2. The van der Waals surface area contributed by atoms with E-state index in [1.54, 1.807) is 17.2 Å². The number of hydroxylamine groups is 1. The first-order chi connectivity index (χ1) is 14.5. The van der Waals surface area contributed by atoms with Gasteiger partial charge in [0.1, 0.15) is 36.1 Å². The summed E-state index contributed by atoms with van der Waals surface area (Å²) in [6.07, 6.45) is -1.60. The fourth-order valence-electron chi connectivity index (χ4n) is 4.16. The summed E-state index contributed by atoms with van der Waals surface area (Å²) in [5.41, 5.74) is 3.21. The number of aliphatic hydroxyl groups is 2. The molecule has 0 radical (unpaired) electrons. The fraction of sp³-hybridized carbons (Fsp3) is 0.526. The van der Waals surface area contributed by atoms with E-state index in [9.17, 15) is 14.6 Å². The fourth-order valence-corrected chi connectivity index (χ4v) is 4.28. The van der Waals surface area contributed by atoms with Crippen LogP contribution in [0.25, 0.3) is 0 Å². The Morgan fingerprint density at radius 1 is 1.37 bits per heavy atom. The van der Waals surface area contributed by atoms with Crippen molar-refractivity contribution in [3.05, 3.63) is 46.9 Å². The van der Waals surface area contributed by atoms with Crippen LogP contribution in [0.15, 0.2) is 35.5 Å². The highest BCUT2D eigenvalue weighted by Gasteiger charge is 2.52. The highest BCUT2D eigenvalue weighted by atomic mass is 35.5. The van der Waals surface area contributed by atoms with Gasteiger partial charge >= 0.3 is 0 Å². The third-order valence-electron chi connectivity index (χ3n) is 5.59. The monoisotopic (exact) mass is 442 g/mol. The number of halogens is 2. The first-order valence-electron chi connectivity index (χ1n) is 9.48. The van der Waals surface area contributed by atoms with Crippen LogP contribution in [0.3, 0.4) is 0 Å². The van der Waals surface area contributed by atoms with E-state index in [4.69, 9.17) is 25.9 Å². The Balaban J connectivity index is 1.54. The molecule has 1 saturated heterocycles. The summed E-state index contributed by atoms with van der Waals surface area (Å²) in [6, 6.07) is 4.25. The van der Waals surface area contributed by atoms with Gasteiger partial charge in [-0.25, -0.2) is 4.39 Å². The van der Waals surface area contributed by atoms with Gasteiger partial charge in [-0.1, -0.05) is 23.7 Å². The Hall–Kier alpha value is -1.79. The van der Waals surface area contributed by atoms with Crippen molar-refractivity contribution in [3.8, 4) is 0 Å². The predicted octanol–water partition coefficient (Wildman–Crippen LogP) is 0.495. The van der Waals surface area contributed by atoms with Crippen LogP contribution in [-0.2, 0) is 14.3 Å². The van der Waals surface area contributed by atoms with E-state index < -0.39 is 36.5 Å². The van der Waals surface area contributed by atoms with Crippen molar-refractivity contribution >= 4 is 17.4 Å². The molecule has 1 fully saturated rings. The minimum Gasteiger partial charge on any atom is -0.387 e. The largest absolute Gasteiger partial charge is 0.387 e. The minimum atomic E-state index is -1.25. The van der Waals surface area contributed by atoms with Gasteiger partial charge in [-0.2, -0.15) is 0 Å². The number of nitrogens with one attached hydrogen (secondary N) is 2. The van der Waals surface area contributed by atoms with Crippen molar-refractivity contribution < 1.29 is 28.9 Å². The molecule has 0 bridgehead atoms. The van der Waals surface area contributed by atoms with E-state index in [0.717, 1.165) is 0 Å². The van der Waals surface area contributed by atoms with E-state index in [0.29, 0.717) is 18.1 Å². The number of rotatable bonds is 5. The standard InChI is InChI=1S/C19H24ClFN4O5/c1-28-15(9-3-4-11(20)12(21)7-9)16-13(26)14(27)19(30-16)25-6-5-10-17(24-29-2)22-8-23-18(10)25/h3-7,10,13-16,18-19,23,26-27H,8H2,1-2H3,(H,22,24)/t10?,13-,14+,15+,16-,18?,19+/m0/s1. The van der Waals surface area contributed by atoms with Crippen molar-refractivity contribution in [2.75, 3.05) is 20.9 Å². The molecule has 1 aromatic rings. The molecule has 0 aromatic heterocycles. The zero-order valence-corrected chi connectivity index (χ0v) is 17.2. The Bertz CT molecular complexity index is 843. The molecular formula is C19H24ClFN4O5. The van der Waals surface area contributed by atoms with Crippen molar-refractivity contribution in [2.45, 2.75) is 36.8 Å². The van der Waals surface area contributed by atoms with Crippen molar-refractivity contribution in [2.24, 2.45) is 10.9 Å². The van der Waals surface area contributed by atoms with Crippen LogP contribution in [0, 0.1) is 11.7 Å². The van der Waals surface area contributed by atoms with Crippen LogP contribution in [0.5, 0.6) is 0 Å². The summed E-state index contributed by atoms with van der Waals surface area (Å²) in [7, 11) is 2.94. The third kappa shape index (κ3) is 3.69. The molecule has 9 nitrogen and oxygen atoms in total. The number of fused-ring (bicyclic) bond motifs is 1. The molecule has 0 amide bonds. The third-order valence-corrected chi connectivity index (χ3v) is 5.90. The van der Waals surface area contributed by atoms with Gasteiger partial charge in [0.05, 0.1) is 30.9 Å². The van der Waals surface area contributed by atoms with E-state index in [2.05, 4.69) is 15.8 Å². The molecule has 0 spiro atoms. The molecule has 3 aliphatic heterocycles. The van der Waals surface area contributed by atoms with Gasteiger partial charge in [0, 0.05) is 13.3 Å². The summed E-state index contributed by atoms with van der Waals surface area (Å²) < 4.78 is 25.5. The maximum absolute atomic E-state index is 14.0. The van der Waals surface area contributed by atoms with Gasteiger partial charge in [0.25, 0.3) is 0 Å². The molecule has 30 heavy (non-hydrogen) atoms. The maximum atomic E-state index is 14.0. The zero-order chi connectivity index (χ0) is 21.4. The molecule has 4 N–H and O–H groups in total. The van der Waals surface area contributed by atoms with E-state index in [1.165, 1.54) is 26.4 Å². The van der Waals surface area contributed by atoms with E-state index >= 15 is 0 Å². The second kappa shape index (κ2) is 8.75. The second-order valence-corrected chi connectivity index (χ2v) is 7.68. The lowest BCUT2D eigenvalue weighted by atomic mass is 9.98. The molecule has 4 rings (SSSR count). The Morgan fingerprint density at radius 2 is 2.17 bits per heavy atom. The summed E-state index contributed by atoms with van der Waals surface area (Å²) >= 11 is 5.77. The summed E-state index contributed by atoms with van der Waals surface area (Å²) in [6.45, 7) is 0.352. The smallest absolute Gasteiger partial charge is 0.160 e. The second-order valence-electron chi connectivity index (χ2n) is 7.27. The normalized spacial score (nSPS) is 34.1. The van der Waals surface area contributed by atoms with Crippen molar-refractivity contribution in [1.29, 1.82) is 0 Å². The molecule has 0 saturated carbocycles. The molecule has 164 valence electrons. The Labute approximate surface area is 178 Å². The van der Waals surface area contributed by atoms with Crippen LogP contribution >= 0.6 is 11.6 Å². The lowest BCUT2D eigenvalue weighted by Gasteiger charge is -2.37. The number of hydrogen-bond donors (Lipinski definition) is 4. The molecule has 1 aromatic carbocycles. The molecule has 3 aliphatic rings. The average molecular weight is 443 g/mol. The van der Waals surface area contributed by atoms with Crippen LogP contribution in [0.1, 0.15) is 11.7 Å². The summed E-state index contributed by atoms with van der Waals surface area (Å²) in [5.74, 6) is -0.0970. The number of benzene rings is 1. The summed E-state index contributed by atoms with van der Waals surface area (Å²) in [5, 5.41) is 24.7. The van der Waals surface area contributed by atoms with Crippen LogP contribution in [0.2, 0.25) is 5.02 Å². The van der Waals surface area contributed by atoms with Crippen molar-refractivity contribution in [1.82, 2.24) is 15.7 Å². The van der Waals surface area contributed by atoms with E-state index in [1.807, 2.05) is 6.08 Å². The number of nitrogens with zero attached hydrogens (tertiary/aromatic N) is 2. The quantitative estimate of drug-likeness (QED) is 0.488. The topological polar surface area (TPSA) is 108 Å². The first kappa shape index (κ1) is 21.4. The lowest BCUT2D eigenvalue weighted by molar-refractivity contribution is -0.122. The zero-order valence-electron chi connectivity index (χ0n) is 16.4. The highest BCUT2D eigenvalue weighted by Crippen LogP contribution is 2.38. The number of amidine groups is 1. The van der Waals surface area contributed by atoms with Gasteiger partial charge in [0.15, 0.2) is 6.23 Å². The number of ether oxygens (including phenoxy) is 2. The number of aliphatic imine (C=N–C) groups is 1. The Morgan fingerprint density at radius 3 is 2.87 bits per heavy atom. The SMILES string of the molecule is CONC1=NCNC2C1C=CN2[C@@H]1O[C@H]([C@H](OC)c2ccc(Cl)c(F)c2)[C@@H](O)[C@H]1O. The average Bonchev–Trinajstić information content (AvgIpc) is 3.28. The molecule has 7 atom stereocenters. The minimum absolute atomic E-state index is 0.0156. The van der Waals surface area contributed by atoms with Gasteiger partial charge in [-0.15, -0.1) is 0 Å². The van der Waals surface area contributed by atoms with E-state index in [-0.39, 0.29) is 17.1 Å². The highest BCUT2D eigenvalue weighted by molar-refractivity contribution is 6.30. The number of hydrogen-bond acceptors (Lipinski definition) is 9. The molecular weight excluding hydrogens is 419 g/mol. The number of methoxy groups -OCH3 is 1. The van der Waals surface area contributed by atoms with Gasteiger partial charge in [-0.3, -0.25) is 20.6 Å². The molecule has 2 unspecified atom stereocenters. The van der Waals surface area contributed by atoms with Crippen LogP contribution < -0.4 is 10.8 Å². The lowest BCUT2D eigenvalue weighted by Crippen LogP contribution is -2.57. The molecule has 11 heteroatoms. The first-order valence-corrected chi connectivity index (χ1v) is 9.86. The van der Waals surface area contributed by atoms with Crippen molar-refractivity contribution in [3.63, 3.8) is 0 Å². The Kier molecular flexibility index (Phi) is 6.26. The maximum Gasteiger partial charge on any atom is 0.160 e. The molecule has 3 heterocycles. The van der Waals surface area contributed by atoms with Crippen LogP contribution in [0.4, 0.5) is 4.39 Å². The molecule has 0 aliphatic carbocycles. The van der Waals surface area contributed by atoms with Gasteiger partial charge in [0.2, 0.25) is 0 Å². The van der Waals surface area contributed by atoms with Gasteiger partial charge in [-0.05, 0) is 17.7 Å².